The van der Waals surface area contributed by atoms with Crippen molar-refractivity contribution < 1.29 is 4.74 Å². The average Bonchev–Trinajstić information content (AvgIpc) is 3.11. The van der Waals surface area contributed by atoms with Gasteiger partial charge in [0.15, 0.2) is 0 Å². The van der Waals surface area contributed by atoms with E-state index >= 15 is 0 Å². The summed E-state index contributed by atoms with van der Waals surface area (Å²) in [6.07, 6.45) is 6.42. The molecule has 2 bridgehead atoms. The number of benzene rings is 1. The van der Waals surface area contributed by atoms with Gasteiger partial charge < -0.3 is 9.64 Å². The van der Waals surface area contributed by atoms with Crippen molar-refractivity contribution in [2.45, 2.75) is 50.3 Å². The van der Waals surface area contributed by atoms with Crippen molar-refractivity contribution in [2.24, 2.45) is 0 Å². The first-order valence-corrected chi connectivity index (χ1v) is 10.3. The van der Waals surface area contributed by atoms with Crippen LogP contribution in [0.3, 0.4) is 0 Å². The van der Waals surface area contributed by atoms with Crippen LogP contribution in [-0.4, -0.2) is 40.3 Å². The Morgan fingerprint density at radius 2 is 1.88 bits per heavy atom. The van der Waals surface area contributed by atoms with Crippen LogP contribution in [0.25, 0.3) is 21.3 Å². The highest BCUT2D eigenvalue weighted by molar-refractivity contribution is 7.17. The monoisotopic (exact) mass is 365 g/mol. The minimum absolute atomic E-state index is 0.267. The molecule has 0 aliphatic carbocycles. The molecule has 0 N–H and O–H groups in total. The van der Waals surface area contributed by atoms with E-state index in [4.69, 9.17) is 4.74 Å². The van der Waals surface area contributed by atoms with Gasteiger partial charge in [-0.3, -0.25) is 0 Å². The number of fused-ring (bicyclic) bond motifs is 3. The predicted octanol–water partition coefficient (Wildman–Crippen LogP) is 4.75. The van der Waals surface area contributed by atoms with E-state index < -0.39 is 0 Å². The minimum Gasteiger partial charge on any atom is -0.473 e. The smallest absolute Gasteiger partial charge is 0.233 e. The number of thiophene rings is 1. The summed E-state index contributed by atoms with van der Waals surface area (Å²) in [5.74, 6) is 0.651. The summed E-state index contributed by atoms with van der Waals surface area (Å²) < 4.78 is 7.49. The molecule has 2 aliphatic rings. The Morgan fingerprint density at radius 3 is 2.65 bits per heavy atom. The van der Waals surface area contributed by atoms with Crippen LogP contribution in [-0.2, 0) is 0 Å². The maximum atomic E-state index is 6.19. The topological polar surface area (TPSA) is 38.2 Å². The van der Waals surface area contributed by atoms with Crippen molar-refractivity contribution in [2.75, 3.05) is 7.05 Å². The lowest BCUT2D eigenvalue weighted by Gasteiger charge is -2.46. The summed E-state index contributed by atoms with van der Waals surface area (Å²) in [5.41, 5.74) is 1.99. The molecule has 5 heteroatoms. The number of ether oxygens (including phenoxy) is 1. The zero-order valence-electron chi connectivity index (χ0n) is 15.0. The molecular formula is C21H23N3OS. The van der Waals surface area contributed by atoms with Gasteiger partial charge in [0.2, 0.25) is 5.88 Å². The van der Waals surface area contributed by atoms with Crippen LogP contribution in [0.5, 0.6) is 5.88 Å². The Bertz CT molecular complexity index is 893. The Hall–Kier alpha value is -1.98. The van der Waals surface area contributed by atoms with Gasteiger partial charge in [0.25, 0.3) is 0 Å². The second-order valence-electron chi connectivity index (χ2n) is 7.55. The average molecular weight is 366 g/mol. The van der Waals surface area contributed by atoms with Gasteiger partial charge in [-0.05, 0) is 67.8 Å². The highest BCUT2D eigenvalue weighted by Gasteiger charge is 2.37. The number of aromatic nitrogens is 2. The van der Waals surface area contributed by atoms with Crippen molar-refractivity contribution in [1.29, 1.82) is 0 Å². The molecular weight excluding hydrogens is 342 g/mol. The fraction of sp³-hybridized carbons (Fsp3) is 0.429. The molecule has 1 aromatic carbocycles. The van der Waals surface area contributed by atoms with E-state index in [0.717, 1.165) is 24.1 Å². The Morgan fingerprint density at radius 1 is 1.04 bits per heavy atom. The molecule has 3 aromatic rings. The molecule has 0 spiro atoms. The molecule has 3 atom stereocenters. The molecule has 1 unspecified atom stereocenters. The quantitative estimate of drug-likeness (QED) is 0.671. The molecule has 4 heterocycles. The number of hydrogen-bond acceptors (Lipinski definition) is 5. The fourth-order valence-corrected chi connectivity index (χ4v) is 5.27. The van der Waals surface area contributed by atoms with Crippen molar-refractivity contribution in [3.05, 3.63) is 41.8 Å². The van der Waals surface area contributed by atoms with Gasteiger partial charge >= 0.3 is 0 Å². The van der Waals surface area contributed by atoms with Crippen molar-refractivity contribution in [3.63, 3.8) is 0 Å². The zero-order valence-corrected chi connectivity index (χ0v) is 15.8. The molecule has 0 radical (unpaired) electrons. The summed E-state index contributed by atoms with van der Waals surface area (Å²) in [6.45, 7) is 0. The van der Waals surface area contributed by atoms with Crippen LogP contribution in [0.4, 0.5) is 0 Å². The third-order valence-electron chi connectivity index (χ3n) is 5.97. The largest absolute Gasteiger partial charge is 0.473 e. The van der Waals surface area contributed by atoms with E-state index in [1.54, 1.807) is 11.3 Å². The number of hydrogen-bond donors (Lipinski definition) is 0. The van der Waals surface area contributed by atoms with E-state index in [2.05, 4.69) is 51.8 Å². The summed E-state index contributed by atoms with van der Waals surface area (Å²) in [6, 6.07) is 13.9. The molecule has 134 valence electrons. The summed E-state index contributed by atoms with van der Waals surface area (Å²) >= 11 is 1.76. The van der Waals surface area contributed by atoms with Crippen LogP contribution >= 0.6 is 11.3 Å². The summed E-state index contributed by atoms with van der Waals surface area (Å²) in [4.78, 5) is 2.55. The van der Waals surface area contributed by atoms with Crippen molar-refractivity contribution in [1.82, 2.24) is 15.1 Å². The van der Waals surface area contributed by atoms with E-state index in [9.17, 15) is 0 Å². The Kier molecular flexibility index (Phi) is 4.14. The first-order valence-electron chi connectivity index (χ1n) is 9.46. The van der Waals surface area contributed by atoms with Gasteiger partial charge in [-0.1, -0.05) is 12.5 Å². The molecule has 2 aliphatic heterocycles. The van der Waals surface area contributed by atoms with E-state index in [1.807, 2.05) is 12.1 Å². The van der Waals surface area contributed by atoms with Gasteiger partial charge in [-0.25, -0.2) is 0 Å². The van der Waals surface area contributed by atoms with Gasteiger partial charge in [0.1, 0.15) is 6.10 Å². The van der Waals surface area contributed by atoms with Crippen LogP contribution in [0, 0.1) is 0 Å². The molecule has 2 aromatic heterocycles. The van der Waals surface area contributed by atoms with Crippen LogP contribution in [0.2, 0.25) is 0 Å². The fourth-order valence-electron chi connectivity index (χ4n) is 4.50. The predicted molar refractivity (Wildman–Crippen MR) is 106 cm³/mol. The maximum absolute atomic E-state index is 6.19. The lowest BCUT2D eigenvalue weighted by atomic mass is 9.83. The Balaban J connectivity index is 1.30. The van der Waals surface area contributed by atoms with E-state index in [0.29, 0.717) is 18.0 Å². The lowest BCUT2D eigenvalue weighted by Crippen LogP contribution is -2.52. The maximum Gasteiger partial charge on any atom is 0.233 e. The van der Waals surface area contributed by atoms with Crippen molar-refractivity contribution in [3.8, 4) is 17.1 Å². The lowest BCUT2D eigenvalue weighted by molar-refractivity contribution is -0.00174. The van der Waals surface area contributed by atoms with Gasteiger partial charge in [-0.2, -0.15) is 0 Å². The SMILES string of the molecule is CN1[C@@H]2CCC[C@H]1CC(Oc1ccc(-c3ccc4sccc4c3)nn1)C2. The van der Waals surface area contributed by atoms with Gasteiger partial charge in [0.05, 0.1) is 5.69 Å². The van der Waals surface area contributed by atoms with E-state index in [1.165, 1.54) is 29.3 Å². The summed E-state index contributed by atoms with van der Waals surface area (Å²) in [5, 5.41) is 12.1. The second kappa shape index (κ2) is 6.63. The second-order valence-corrected chi connectivity index (χ2v) is 8.49. The third-order valence-corrected chi connectivity index (χ3v) is 6.87. The highest BCUT2D eigenvalue weighted by atomic mass is 32.1. The number of piperidine rings is 2. The highest BCUT2D eigenvalue weighted by Crippen LogP contribution is 2.34. The van der Waals surface area contributed by atoms with Crippen LogP contribution < -0.4 is 4.74 Å². The van der Waals surface area contributed by atoms with E-state index in [-0.39, 0.29) is 6.10 Å². The van der Waals surface area contributed by atoms with Crippen molar-refractivity contribution >= 4 is 21.4 Å². The Labute approximate surface area is 157 Å². The molecule has 4 nitrogen and oxygen atoms in total. The zero-order chi connectivity index (χ0) is 17.5. The first kappa shape index (κ1) is 16.2. The van der Waals surface area contributed by atoms with Gasteiger partial charge in [-0.15, -0.1) is 21.5 Å². The first-order chi connectivity index (χ1) is 12.8. The minimum atomic E-state index is 0.267. The van der Waals surface area contributed by atoms with Crippen LogP contribution in [0.15, 0.2) is 41.8 Å². The third kappa shape index (κ3) is 2.99. The molecule has 2 saturated heterocycles. The van der Waals surface area contributed by atoms with Crippen LogP contribution in [0.1, 0.15) is 32.1 Å². The molecule has 0 amide bonds. The molecule has 0 saturated carbocycles. The molecule has 5 rings (SSSR count). The standard InChI is InChI=1S/C21H23N3OS/c1-24-16-3-2-4-17(24)13-18(12-16)25-21-8-6-19(22-23-21)14-5-7-20-15(11-14)9-10-26-20/h5-11,16-18H,2-4,12-13H2,1H3/t16-,17+,18?. The molecule has 2 fully saturated rings. The summed E-state index contributed by atoms with van der Waals surface area (Å²) in [7, 11) is 2.27. The van der Waals surface area contributed by atoms with Gasteiger partial charge in [0, 0.05) is 28.4 Å². The number of nitrogens with zero attached hydrogens (tertiary/aromatic N) is 3. The molecule has 26 heavy (non-hydrogen) atoms. The number of rotatable bonds is 3. The normalized spacial score (nSPS) is 26.1.